The Morgan fingerprint density at radius 1 is 1.47 bits per heavy atom. The van der Waals surface area contributed by atoms with E-state index in [1.54, 1.807) is 6.92 Å². The van der Waals surface area contributed by atoms with E-state index in [4.69, 9.17) is 4.74 Å². The molecule has 0 amide bonds. The van der Waals surface area contributed by atoms with Crippen LogP contribution < -0.4 is 0 Å². The first kappa shape index (κ1) is 14.2. The van der Waals surface area contributed by atoms with Crippen LogP contribution in [0.1, 0.15) is 26.7 Å². The monoisotopic (exact) mass is 255 g/mol. The molecule has 0 radical (unpaired) electrons. The molecular formula is C10H16F3NO3. The van der Waals surface area contributed by atoms with Gasteiger partial charge in [0, 0.05) is 0 Å². The van der Waals surface area contributed by atoms with Crippen molar-refractivity contribution < 1.29 is 27.5 Å². The summed E-state index contributed by atoms with van der Waals surface area (Å²) < 4.78 is 41.6. The molecule has 1 fully saturated rings. The summed E-state index contributed by atoms with van der Waals surface area (Å²) in [5, 5.41) is 1.03. The number of nitrogens with zero attached hydrogens (tertiary/aromatic N) is 1. The summed E-state index contributed by atoms with van der Waals surface area (Å²) >= 11 is 0. The lowest BCUT2D eigenvalue weighted by atomic mass is 10.1. The number of hydrogen-bond donors (Lipinski definition) is 0. The topological polar surface area (TPSA) is 38.8 Å². The quantitative estimate of drug-likeness (QED) is 0.772. The Labute approximate surface area is 97.6 Å². The molecule has 1 aliphatic heterocycles. The lowest BCUT2D eigenvalue weighted by Gasteiger charge is -2.35. The predicted octanol–water partition coefficient (Wildman–Crippen LogP) is 1.90. The summed E-state index contributed by atoms with van der Waals surface area (Å²) in [5.41, 5.74) is 0. The van der Waals surface area contributed by atoms with Crippen LogP contribution in [0.15, 0.2) is 0 Å². The average molecular weight is 255 g/mol. The number of hydroxylamine groups is 2. The van der Waals surface area contributed by atoms with Gasteiger partial charge in [-0.2, -0.15) is 13.2 Å². The van der Waals surface area contributed by atoms with Crippen molar-refractivity contribution in [1.82, 2.24) is 5.06 Å². The number of ether oxygens (including phenoxy) is 1. The number of halogens is 3. The SMILES string of the molecule is CCCC1CN(OC(=O)C(F)(F)F)CC(C)O1. The second-order valence-corrected chi connectivity index (χ2v) is 4.08. The van der Waals surface area contributed by atoms with Gasteiger partial charge in [0.25, 0.3) is 0 Å². The van der Waals surface area contributed by atoms with Crippen molar-refractivity contribution in [3.8, 4) is 0 Å². The Balaban J connectivity index is 2.50. The first-order valence-corrected chi connectivity index (χ1v) is 5.52. The molecule has 0 saturated carbocycles. The minimum Gasteiger partial charge on any atom is -0.372 e. The third-order valence-corrected chi connectivity index (χ3v) is 2.35. The van der Waals surface area contributed by atoms with Crippen LogP contribution in [0, 0.1) is 0 Å². The number of carbonyl (C=O) groups excluding carboxylic acids is 1. The van der Waals surface area contributed by atoms with Crippen LogP contribution in [-0.2, 0) is 14.4 Å². The highest BCUT2D eigenvalue weighted by atomic mass is 19.4. The van der Waals surface area contributed by atoms with Gasteiger partial charge in [-0.15, -0.1) is 5.06 Å². The maximum Gasteiger partial charge on any atom is 0.492 e. The van der Waals surface area contributed by atoms with E-state index in [-0.39, 0.29) is 25.3 Å². The molecule has 1 saturated heterocycles. The predicted molar refractivity (Wildman–Crippen MR) is 53.0 cm³/mol. The van der Waals surface area contributed by atoms with Gasteiger partial charge in [-0.3, -0.25) is 0 Å². The van der Waals surface area contributed by atoms with Crippen molar-refractivity contribution in [1.29, 1.82) is 0 Å². The first-order valence-electron chi connectivity index (χ1n) is 5.52. The lowest BCUT2D eigenvalue weighted by Crippen LogP contribution is -2.48. The Bertz CT molecular complexity index is 270. The zero-order valence-corrected chi connectivity index (χ0v) is 9.79. The van der Waals surface area contributed by atoms with E-state index in [0.29, 0.717) is 0 Å². The van der Waals surface area contributed by atoms with E-state index in [2.05, 4.69) is 4.84 Å². The average Bonchev–Trinajstić information content (AvgIpc) is 2.15. The van der Waals surface area contributed by atoms with E-state index in [0.717, 1.165) is 17.9 Å². The van der Waals surface area contributed by atoms with E-state index >= 15 is 0 Å². The molecule has 0 N–H and O–H groups in total. The normalized spacial score (nSPS) is 26.9. The van der Waals surface area contributed by atoms with Gasteiger partial charge in [-0.25, -0.2) is 4.79 Å². The second kappa shape index (κ2) is 5.68. The summed E-state index contributed by atoms with van der Waals surface area (Å²) in [7, 11) is 0. The van der Waals surface area contributed by atoms with Gasteiger partial charge in [0.15, 0.2) is 0 Å². The van der Waals surface area contributed by atoms with Gasteiger partial charge in [-0.05, 0) is 13.3 Å². The molecule has 4 nitrogen and oxygen atoms in total. The van der Waals surface area contributed by atoms with Crippen molar-refractivity contribution in [2.45, 2.75) is 45.1 Å². The van der Waals surface area contributed by atoms with Crippen molar-refractivity contribution in [3.05, 3.63) is 0 Å². The maximum absolute atomic E-state index is 12.0. The molecule has 100 valence electrons. The van der Waals surface area contributed by atoms with Crippen molar-refractivity contribution in [3.63, 3.8) is 0 Å². The Morgan fingerprint density at radius 2 is 2.12 bits per heavy atom. The third-order valence-electron chi connectivity index (χ3n) is 2.35. The largest absolute Gasteiger partial charge is 0.492 e. The fourth-order valence-electron chi connectivity index (χ4n) is 1.73. The standard InChI is InChI=1S/C10H16F3NO3/c1-3-4-8-6-14(5-7(2)16-8)17-9(15)10(11,12)13/h7-8H,3-6H2,1-2H3. The molecule has 0 aliphatic carbocycles. The Kier molecular flexibility index (Phi) is 4.76. The van der Waals surface area contributed by atoms with Crippen molar-refractivity contribution in [2.24, 2.45) is 0 Å². The number of rotatable bonds is 3. The highest BCUT2D eigenvalue weighted by Crippen LogP contribution is 2.20. The van der Waals surface area contributed by atoms with Gasteiger partial charge in [0.05, 0.1) is 25.3 Å². The summed E-state index contributed by atoms with van der Waals surface area (Å²) in [6.45, 7) is 4.02. The molecule has 17 heavy (non-hydrogen) atoms. The van der Waals surface area contributed by atoms with Gasteiger partial charge in [0.1, 0.15) is 0 Å². The molecule has 0 aromatic carbocycles. The first-order chi connectivity index (χ1) is 7.82. The van der Waals surface area contributed by atoms with E-state index in [1.165, 1.54) is 0 Å². The van der Waals surface area contributed by atoms with Gasteiger partial charge in [-0.1, -0.05) is 13.3 Å². The molecule has 0 aromatic rings. The van der Waals surface area contributed by atoms with Crippen molar-refractivity contribution >= 4 is 5.97 Å². The summed E-state index contributed by atoms with van der Waals surface area (Å²) in [5.74, 6) is -2.18. The third kappa shape index (κ3) is 4.51. The van der Waals surface area contributed by atoms with Crippen LogP contribution in [0.3, 0.4) is 0 Å². The van der Waals surface area contributed by atoms with Crippen LogP contribution in [0.2, 0.25) is 0 Å². The molecule has 1 rings (SSSR count). The zero-order valence-electron chi connectivity index (χ0n) is 9.79. The van der Waals surface area contributed by atoms with Crippen molar-refractivity contribution in [2.75, 3.05) is 13.1 Å². The highest BCUT2D eigenvalue weighted by Gasteiger charge is 2.43. The number of morpholine rings is 1. The number of alkyl halides is 3. The highest BCUT2D eigenvalue weighted by molar-refractivity contribution is 5.75. The van der Waals surface area contributed by atoms with E-state index in [1.807, 2.05) is 6.92 Å². The molecule has 2 atom stereocenters. The molecule has 7 heteroatoms. The van der Waals surface area contributed by atoms with Gasteiger partial charge >= 0.3 is 12.1 Å². The zero-order chi connectivity index (χ0) is 13.1. The van der Waals surface area contributed by atoms with Crippen LogP contribution in [0.5, 0.6) is 0 Å². The smallest absolute Gasteiger partial charge is 0.372 e. The van der Waals surface area contributed by atoms with Crippen LogP contribution >= 0.6 is 0 Å². The molecule has 2 unspecified atom stereocenters. The van der Waals surface area contributed by atoms with Gasteiger partial charge in [0.2, 0.25) is 0 Å². The maximum atomic E-state index is 12.0. The summed E-state index contributed by atoms with van der Waals surface area (Å²) in [6, 6.07) is 0. The lowest BCUT2D eigenvalue weighted by molar-refractivity contribution is -0.259. The fraction of sp³-hybridized carbons (Fsp3) is 0.900. The molecule has 0 aromatic heterocycles. The molecule has 1 aliphatic rings. The second-order valence-electron chi connectivity index (χ2n) is 4.08. The summed E-state index contributed by atoms with van der Waals surface area (Å²) in [6.07, 6.45) is -3.81. The van der Waals surface area contributed by atoms with Crippen LogP contribution in [0.25, 0.3) is 0 Å². The molecule has 0 bridgehead atoms. The minimum atomic E-state index is -4.96. The molecular weight excluding hydrogens is 239 g/mol. The molecule has 1 heterocycles. The fourth-order valence-corrected chi connectivity index (χ4v) is 1.73. The number of hydrogen-bond acceptors (Lipinski definition) is 4. The van der Waals surface area contributed by atoms with E-state index < -0.39 is 12.1 Å². The number of carbonyl (C=O) groups is 1. The molecule has 0 spiro atoms. The van der Waals surface area contributed by atoms with Gasteiger partial charge < -0.3 is 9.57 Å². The minimum absolute atomic E-state index is 0.155. The van der Waals surface area contributed by atoms with Crippen LogP contribution in [-0.4, -0.2) is 42.5 Å². The van der Waals surface area contributed by atoms with Crippen LogP contribution in [0.4, 0.5) is 13.2 Å². The Hall–Kier alpha value is -0.820. The summed E-state index contributed by atoms with van der Waals surface area (Å²) in [4.78, 5) is 15.0. The van der Waals surface area contributed by atoms with E-state index in [9.17, 15) is 18.0 Å². The Morgan fingerprint density at radius 3 is 2.65 bits per heavy atom.